The summed E-state index contributed by atoms with van der Waals surface area (Å²) in [5.41, 5.74) is 0. The van der Waals surface area contributed by atoms with E-state index < -0.39 is 0 Å². The maximum absolute atomic E-state index is 12.5. The summed E-state index contributed by atoms with van der Waals surface area (Å²) in [6, 6.07) is 0. The molecule has 7 heteroatoms. The largest absolute Gasteiger partial charge is 0.385 e. The summed E-state index contributed by atoms with van der Waals surface area (Å²) in [5, 5.41) is 0. The number of carbonyl (C=O) groups is 2. The van der Waals surface area contributed by atoms with Crippen molar-refractivity contribution < 1.29 is 14.3 Å². The molecule has 0 aliphatic carbocycles. The van der Waals surface area contributed by atoms with Crippen molar-refractivity contribution in [2.45, 2.75) is 33.6 Å². The van der Waals surface area contributed by atoms with Crippen molar-refractivity contribution in [3.8, 4) is 0 Å². The number of hydrogen-bond acceptors (Lipinski definition) is 5. The molecule has 0 radical (unpaired) electrons. The van der Waals surface area contributed by atoms with Crippen LogP contribution in [0, 0.1) is 0 Å². The lowest BCUT2D eigenvalue weighted by Crippen LogP contribution is -2.54. The van der Waals surface area contributed by atoms with Crippen LogP contribution in [-0.2, 0) is 14.3 Å². The molecule has 0 aromatic rings. The molecule has 0 atom stereocenters. The minimum absolute atomic E-state index is 0.187. The van der Waals surface area contributed by atoms with Gasteiger partial charge in [0.2, 0.25) is 11.8 Å². The molecule has 2 rings (SSSR count). The molecule has 0 aromatic carbocycles. The van der Waals surface area contributed by atoms with Gasteiger partial charge in [0.1, 0.15) is 0 Å². The Hall–Kier alpha value is -1.18. The molecule has 26 heavy (non-hydrogen) atoms. The Balaban J connectivity index is 0.00000163. The molecule has 0 saturated carbocycles. The fourth-order valence-corrected chi connectivity index (χ4v) is 3.32. The second kappa shape index (κ2) is 13.1. The van der Waals surface area contributed by atoms with Crippen molar-refractivity contribution in [2.75, 3.05) is 79.2 Å². The van der Waals surface area contributed by atoms with E-state index in [0.717, 1.165) is 45.8 Å². The van der Waals surface area contributed by atoms with Crippen LogP contribution in [-0.4, -0.2) is 111 Å². The predicted molar refractivity (Wildman–Crippen MR) is 104 cm³/mol. The lowest BCUT2D eigenvalue weighted by atomic mass is 10.2. The molecular formula is C19H38N4O3. The highest BCUT2D eigenvalue weighted by atomic mass is 16.5. The average Bonchev–Trinajstić information content (AvgIpc) is 2.70. The topological polar surface area (TPSA) is 56.3 Å². The van der Waals surface area contributed by atoms with Crippen LogP contribution in [0.3, 0.4) is 0 Å². The Labute approximate surface area is 159 Å². The first-order valence-electron chi connectivity index (χ1n) is 10.1. The molecule has 2 saturated heterocycles. The second-order valence-electron chi connectivity index (χ2n) is 6.58. The maximum atomic E-state index is 12.5. The van der Waals surface area contributed by atoms with E-state index in [4.69, 9.17) is 4.74 Å². The molecule has 152 valence electrons. The Morgan fingerprint density at radius 1 is 0.808 bits per heavy atom. The van der Waals surface area contributed by atoms with Gasteiger partial charge in [0.25, 0.3) is 0 Å². The fourth-order valence-electron chi connectivity index (χ4n) is 3.32. The number of hydrogen-bond donors (Lipinski definition) is 0. The van der Waals surface area contributed by atoms with Crippen molar-refractivity contribution in [1.29, 1.82) is 0 Å². The van der Waals surface area contributed by atoms with E-state index in [-0.39, 0.29) is 11.8 Å². The Morgan fingerprint density at radius 2 is 1.31 bits per heavy atom. The summed E-state index contributed by atoms with van der Waals surface area (Å²) in [6.45, 7) is 14.9. The number of nitrogens with zero attached hydrogens (tertiary/aromatic N) is 4. The molecule has 0 aromatic heterocycles. The summed E-state index contributed by atoms with van der Waals surface area (Å²) in [7, 11) is 1.74. The van der Waals surface area contributed by atoms with E-state index in [9.17, 15) is 9.59 Å². The zero-order valence-corrected chi connectivity index (χ0v) is 17.2. The van der Waals surface area contributed by atoms with E-state index in [2.05, 4.69) is 9.80 Å². The lowest BCUT2D eigenvalue weighted by molar-refractivity contribution is -0.140. The first kappa shape index (κ1) is 22.9. The molecule has 2 aliphatic rings. The van der Waals surface area contributed by atoms with Gasteiger partial charge >= 0.3 is 0 Å². The van der Waals surface area contributed by atoms with Gasteiger partial charge in [-0.1, -0.05) is 20.8 Å². The second-order valence-corrected chi connectivity index (χ2v) is 6.58. The molecule has 2 heterocycles. The Bertz CT molecular complexity index is 404. The molecule has 2 amide bonds. The third kappa shape index (κ3) is 7.60. The zero-order valence-electron chi connectivity index (χ0n) is 17.2. The summed E-state index contributed by atoms with van der Waals surface area (Å²) < 4.78 is 5.09. The minimum atomic E-state index is 0.187. The summed E-state index contributed by atoms with van der Waals surface area (Å²) in [5.74, 6) is 0.387. The van der Waals surface area contributed by atoms with Crippen LogP contribution in [0.2, 0.25) is 0 Å². The fraction of sp³-hybridized carbons (Fsp3) is 0.895. The molecule has 0 unspecified atom stereocenters. The van der Waals surface area contributed by atoms with E-state index >= 15 is 0 Å². The van der Waals surface area contributed by atoms with Gasteiger partial charge in [-0.3, -0.25) is 14.5 Å². The van der Waals surface area contributed by atoms with Gasteiger partial charge in [-0.05, 0) is 6.42 Å². The third-order valence-corrected chi connectivity index (χ3v) is 4.93. The first-order valence-corrected chi connectivity index (χ1v) is 10.1. The van der Waals surface area contributed by atoms with E-state index in [1.165, 1.54) is 0 Å². The van der Waals surface area contributed by atoms with Crippen LogP contribution >= 0.6 is 0 Å². The third-order valence-electron chi connectivity index (χ3n) is 4.93. The van der Waals surface area contributed by atoms with Gasteiger partial charge < -0.3 is 19.4 Å². The van der Waals surface area contributed by atoms with Crippen LogP contribution in [0.5, 0.6) is 0 Å². The molecule has 0 bridgehead atoms. The highest BCUT2D eigenvalue weighted by molar-refractivity contribution is 5.79. The highest BCUT2D eigenvalue weighted by Crippen LogP contribution is 2.07. The van der Waals surface area contributed by atoms with Gasteiger partial charge in [0.05, 0.1) is 6.54 Å². The molecule has 7 nitrogen and oxygen atoms in total. The van der Waals surface area contributed by atoms with Crippen LogP contribution in [0.4, 0.5) is 0 Å². The molecule has 2 fully saturated rings. The lowest BCUT2D eigenvalue weighted by Gasteiger charge is -2.38. The molecular weight excluding hydrogens is 332 g/mol. The normalized spacial score (nSPS) is 19.1. The standard InChI is InChI=1S/C17H32N4O3.C2H6/c1-3-16(22)20-10-12-21(13-11-20)17(23)15-19-8-6-18(7-9-19)5-4-14-24-2;1-2/h3-15H2,1-2H3;1-2H3. The van der Waals surface area contributed by atoms with Crippen molar-refractivity contribution in [1.82, 2.24) is 19.6 Å². The van der Waals surface area contributed by atoms with Crippen LogP contribution in [0.1, 0.15) is 33.6 Å². The number of piperazine rings is 2. The highest BCUT2D eigenvalue weighted by Gasteiger charge is 2.25. The smallest absolute Gasteiger partial charge is 0.236 e. The number of methoxy groups -OCH3 is 1. The van der Waals surface area contributed by atoms with Gasteiger partial charge in [0.15, 0.2) is 0 Å². The van der Waals surface area contributed by atoms with E-state index in [1.54, 1.807) is 7.11 Å². The number of ether oxygens (including phenoxy) is 1. The van der Waals surface area contributed by atoms with E-state index in [1.807, 2.05) is 30.6 Å². The van der Waals surface area contributed by atoms with Crippen molar-refractivity contribution in [3.63, 3.8) is 0 Å². The molecule has 2 aliphatic heterocycles. The van der Waals surface area contributed by atoms with Crippen LogP contribution in [0.25, 0.3) is 0 Å². The van der Waals surface area contributed by atoms with Crippen molar-refractivity contribution >= 4 is 11.8 Å². The monoisotopic (exact) mass is 370 g/mol. The van der Waals surface area contributed by atoms with Crippen LogP contribution < -0.4 is 0 Å². The Morgan fingerprint density at radius 3 is 1.81 bits per heavy atom. The first-order chi connectivity index (χ1) is 12.6. The maximum Gasteiger partial charge on any atom is 0.236 e. The molecule has 0 spiro atoms. The van der Waals surface area contributed by atoms with Gasteiger partial charge in [-0.2, -0.15) is 0 Å². The van der Waals surface area contributed by atoms with Gasteiger partial charge in [-0.25, -0.2) is 0 Å². The quantitative estimate of drug-likeness (QED) is 0.619. The van der Waals surface area contributed by atoms with Gasteiger partial charge in [-0.15, -0.1) is 0 Å². The summed E-state index contributed by atoms with van der Waals surface area (Å²) in [4.78, 5) is 32.6. The van der Waals surface area contributed by atoms with Crippen molar-refractivity contribution in [3.05, 3.63) is 0 Å². The summed E-state index contributed by atoms with van der Waals surface area (Å²) in [6.07, 6.45) is 1.61. The summed E-state index contributed by atoms with van der Waals surface area (Å²) >= 11 is 0. The zero-order chi connectivity index (χ0) is 19.4. The number of rotatable bonds is 7. The van der Waals surface area contributed by atoms with Gasteiger partial charge in [0, 0.05) is 79.0 Å². The number of amides is 2. The van der Waals surface area contributed by atoms with Crippen LogP contribution in [0.15, 0.2) is 0 Å². The van der Waals surface area contributed by atoms with Crippen molar-refractivity contribution in [2.24, 2.45) is 0 Å². The van der Waals surface area contributed by atoms with E-state index in [0.29, 0.717) is 39.1 Å². The predicted octanol–water partition coefficient (Wildman–Crippen LogP) is 0.748. The molecule has 0 N–H and O–H groups in total. The Kier molecular flexibility index (Phi) is 11.5. The minimum Gasteiger partial charge on any atom is -0.385 e. The average molecular weight is 371 g/mol. The SMILES string of the molecule is CC.CCC(=O)N1CCN(C(=O)CN2CCN(CCCOC)CC2)CC1. The number of carbonyl (C=O) groups excluding carboxylic acids is 2.